The number of piperidine rings is 1. The van der Waals surface area contributed by atoms with Crippen molar-refractivity contribution in [1.82, 2.24) is 5.32 Å². The second-order valence-corrected chi connectivity index (χ2v) is 5.57. The molecule has 0 spiro atoms. The fraction of sp³-hybridized carbons (Fsp3) is 0.600. The Kier molecular flexibility index (Phi) is 3.65. The van der Waals surface area contributed by atoms with E-state index in [-0.39, 0.29) is 0 Å². The Hall–Kier alpha value is -0.820. The van der Waals surface area contributed by atoms with Gasteiger partial charge in [-0.1, -0.05) is 36.2 Å². The van der Waals surface area contributed by atoms with Gasteiger partial charge in [-0.3, -0.25) is 0 Å². The summed E-state index contributed by atoms with van der Waals surface area (Å²) in [6.45, 7) is 9.12. The lowest BCUT2D eigenvalue weighted by atomic mass is 9.86. The third-order valence-corrected chi connectivity index (χ3v) is 3.47. The van der Waals surface area contributed by atoms with Crippen LogP contribution >= 0.6 is 0 Å². The maximum Gasteiger partial charge on any atom is -0.00171 e. The molecule has 0 amide bonds. The van der Waals surface area contributed by atoms with E-state index in [0.717, 1.165) is 11.8 Å². The largest absolute Gasteiger partial charge is 0.316 e. The van der Waals surface area contributed by atoms with Crippen LogP contribution in [0.3, 0.4) is 0 Å². The quantitative estimate of drug-likeness (QED) is 0.802. The monoisotopic (exact) mass is 217 g/mol. The van der Waals surface area contributed by atoms with E-state index >= 15 is 0 Å². The van der Waals surface area contributed by atoms with Gasteiger partial charge in [-0.2, -0.15) is 0 Å². The van der Waals surface area contributed by atoms with Crippen LogP contribution < -0.4 is 5.32 Å². The molecule has 2 unspecified atom stereocenters. The fourth-order valence-electron chi connectivity index (χ4n) is 2.95. The van der Waals surface area contributed by atoms with Crippen molar-refractivity contribution >= 4 is 0 Å². The first-order chi connectivity index (χ1) is 7.63. The molecule has 2 rings (SSSR count). The fourth-order valence-corrected chi connectivity index (χ4v) is 2.95. The SMILES string of the molecule is Cc1cc(C)cc(CC2CNCC(C)C2)c1. The van der Waals surface area contributed by atoms with E-state index in [0.29, 0.717) is 0 Å². The number of hydrogen-bond donors (Lipinski definition) is 1. The van der Waals surface area contributed by atoms with E-state index in [1.807, 2.05) is 0 Å². The summed E-state index contributed by atoms with van der Waals surface area (Å²) in [6.07, 6.45) is 2.61. The highest BCUT2D eigenvalue weighted by molar-refractivity contribution is 5.28. The smallest absolute Gasteiger partial charge is 0.00171 e. The van der Waals surface area contributed by atoms with Gasteiger partial charge in [0.2, 0.25) is 0 Å². The zero-order valence-corrected chi connectivity index (χ0v) is 10.7. The van der Waals surface area contributed by atoms with E-state index in [2.05, 4.69) is 44.3 Å². The van der Waals surface area contributed by atoms with Crippen molar-refractivity contribution in [2.75, 3.05) is 13.1 Å². The van der Waals surface area contributed by atoms with Gasteiger partial charge in [0.05, 0.1) is 0 Å². The molecular formula is C15H23N. The molecule has 1 heteroatoms. The van der Waals surface area contributed by atoms with Crippen LogP contribution in [0.5, 0.6) is 0 Å². The molecule has 2 atom stereocenters. The molecule has 0 aromatic heterocycles. The maximum absolute atomic E-state index is 3.53. The molecule has 1 nitrogen and oxygen atoms in total. The third kappa shape index (κ3) is 3.08. The van der Waals surface area contributed by atoms with Gasteiger partial charge >= 0.3 is 0 Å². The lowest BCUT2D eigenvalue weighted by molar-refractivity contribution is 0.301. The normalized spacial score (nSPS) is 25.7. The van der Waals surface area contributed by atoms with Crippen LogP contribution in [0, 0.1) is 25.7 Å². The molecule has 0 aliphatic carbocycles. The van der Waals surface area contributed by atoms with Crippen LogP contribution in [0.1, 0.15) is 30.0 Å². The number of benzene rings is 1. The Morgan fingerprint density at radius 3 is 2.44 bits per heavy atom. The van der Waals surface area contributed by atoms with Crippen LogP contribution in [0.25, 0.3) is 0 Å². The Morgan fingerprint density at radius 1 is 1.12 bits per heavy atom. The standard InChI is InChI=1S/C15H23N/c1-11-4-12(2)6-14(5-11)8-15-7-13(3)9-16-10-15/h4-6,13,15-16H,7-10H2,1-3H3. The van der Waals surface area contributed by atoms with Crippen molar-refractivity contribution in [2.24, 2.45) is 11.8 Å². The highest BCUT2D eigenvalue weighted by Crippen LogP contribution is 2.21. The van der Waals surface area contributed by atoms with Crippen LogP contribution in [-0.2, 0) is 6.42 Å². The van der Waals surface area contributed by atoms with Gasteiger partial charge in [0, 0.05) is 0 Å². The van der Waals surface area contributed by atoms with Crippen LogP contribution in [0.4, 0.5) is 0 Å². The molecule has 0 bridgehead atoms. The molecule has 1 aliphatic rings. The Balaban J connectivity index is 2.02. The first kappa shape index (κ1) is 11.7. The molecule has 0 radical (unpaired) electrons. The predicted octanol–water partition coefficient (Wildman–Crippen LogP) is 3.09. The van der Waals surface area contributed by atoms with E-state index in [4.69, 9.17) is 0 Å². The molecule has 1 N–H and O–H groups in total. The van der Waals surface area contributed by atoms with E-state index < -0.39 is 0 Å². The zero-order valence-electron chi connectivity index (χ0n) is 10.7. The zero-order chi connectivity index (χ0) is 11.5. The lowest BCUT2D eigenvalue weighted by Gasteiger charge is -2.28. The molecule has 0 saturated carbocycles. The number of rotatable bonds is 2. The van der Waals surface area contributed by atoms with Gasteiger partial charge in [-0.25, -0.2) is 0 Å². The highest BCUT2D eigenvalue weighted by Gasteiger charge is 2.18. The molecule has 16 heavy (non-hydrogen) atoms. The molecule has 1 fully saturated rings. The van der Waals surface area contributed by atoms with Gasteiger partial charge in [-0.05, 0) is 57.2 Å². The molecule has 1 heterocycles. The van der Waals surface area contributed by atoms with Gasteiger partial charge in [0.1, 0.15) is 0 Å². The molecule has 1 saturated heterocycles. The summed E-state index contributed by atoms with van der Waals surface area (Å²) < 4.78 is 0. The maximum atomic E-state index is 3.53. The summed E-state index contributed by atoms with van der Waals surface area (Å²) in [5, 5.41) is 3.53. The second kappa shape index (κ2) is 5.01. The van der Waals surface area contributed by atoms with Gasteiger partial charge < -0.3 is 5.32 Å². The topological polar surface area (TPSA) is 12.0 Å². The Bertz CT molecular complexity index is 336. The third-order valence-electron chi connectivity index (χ3n) is 3.47. The average Bonchev–Trinajstić information content (AvgIpc) is 2.15. The summed E-state index contributed by atoms with van der Waals surface area (Å²) >= 11 is 0. The summed E-state index contributed by atoms with van der Waals surface area (Å²) in [7, 11) is 0. The van der Waals surface area contributed by atoms with Crippen LogP contribution in [0.2, 0.25) is 0 Å². The van der Waals surface area contributed by atoms with Crippen molar-refractivity contribution < 1.29 is 0 Å². The minimum atomic E-state index is 0.824. The van der Waals surface area contributed by atoms with Gasteiger partial charge in [0.25, 0.3) is 0 Å². The van der Waals surface area contributed by atoms with Crippen molar-refractivity contribution in [3.05, 3.63) is 34.9 Å². The summed E-state index contributed by atoms with van der Waals surface area (Å²) in [6, 6.07) is 6.93. The molecule has 88 valence electrons. The highest BCUT2D eigenvalue weighted by atomic mass is 14.9. The summed E-state index contributed by atoms with van der Waals surface area (Å²) in [5.74, 6) is 1.66. The molecular weight excluding hydrogens is 194 g/mol. The first-order valence-corrected chi connectivity index (χ1v) is 6.41. The number of nitrogens with one attached hydrogen (secondary N) is 1. The Labute approximate surface area is 99.3 Å². The minimum absolute atomic E-state index is 0.824. The Morgan fingerprint density at radius 2 is 1.81 bits per heavy atom. The second-order valence-electron chi connectivity index (χ2n) is 5.57. The number of hydrogen-bond acceptors (Lipinski definition) is 1. The average molecular weight is 217 g/mol. The van der Waals surface area contributed by atoms with E-state index in [1.165, 1.54) is 42.6 Å². The molecule has 1 aromatic rings. The van der Waals surface area contributed by atoms with Gasteiger partial charge in [-0.15, -0.1) is 0 Å². The summed E-state index contributed by atoms with van der Waals surface area (Å²) in [5.41, 5.74) is 4.30. The summed E-state index contributed by atoms with van der Waals surface area (Å²) in [4.78, 5) is 0. The first-order valence-electron chi connectivity index (χ1n) is 6.41. The van der Waals surface area contributed by atoms with Crippen molar-refractivity contribution in [1.29, 1.82) is 0 Å². The number of aryl methyl sites for hydroxylation is 2. The van der Waals surface area contributed by atoms with E-state index in [9.17, 15) is 0 Å². The molecule has 1 aliphatic heterocycles. The van der Waals surface area contributed by atoms with E-state index in [1.54, 1.807) is 0 Å². The van der Waals surface area contributed by atoms with Crippen LogP contribution in [-0.4, -0.2) is 13.1 Å². The van der Waals surface area contributed by atoms with Crippen molar-refractivity contribution in [3.8, 4) is 0 Å². The van der Waals surface area contributed by atoms with Crippen LogP contribution in [0.15, 0.2) is 18.2 Å². The lowest BCUT2D eigenvalue weighted by Crippen LogP contribution is -2.35. The molecule has 1 aromatic carbocycles. The van der Waals surface area contributed by atoms with Crippen molar-refractivity contribution in [3.63, 3.8) is 0 Å². The van der Waals surface area contributed by atoms with Crippen molar-refractivity contribution in [2.45, 2.75) is 33.6 Å². The minimum Gasteiger partial charge on any atom is -0.316 e. The predicted molar refractivity (Wildman–Crippen MR) is 69.8 cm³/mol. The van der Waals surface area contributed by atoms with Gasteiger partial charge in [0.15, 0.2) is 0 Å².